The van der Waals surface area contributed by atoms with Crippen LogP contribution in [0.2, 0.25) is 0 Å². The third kappa shape index (κ3) is 5.87. The Morgan fingerprint density at radius 2 is 1.17 bits per heavy atom. The van der Waals surface area contributed by atoms with Crippen molar-refractivity contribution < 1.29 is 53.3 Å². The maximum absolute atomic E-state index is 13.6. The molecule has 2 aliphatic rings. The molecular weight excluding hydrogens is 764 g/mol. The van der Waals surface area contributed by atoms with Gasteiger partial charge in [0.05, 0.1) is 25.9 Å². The van der Waals surface area contributed by atoms with Gasteiger partial charge in [-0.05, 0) is 12.1 Å². The van der Waals surface area contributed by atoms with Crippen LogP contribution in [0.25, 0.3) is 33.7 Å². The van der Waals surface area contributed by atoms with Crippen molar-refractivity contribution in [2.45, 2.75) is 49.1 Å². The van der Waals surface area contributed by atoms with Gasteiger partial charge in [-0.25, -0.2) is 43.1 Å². The van der Waals surface area contributed by atoms with E-state index in [2.05, 4.69) is 29.9 Å². The molecule has 4 aromatic heterocycles. The Morgan fingerprint density at radius 3 is 1.62 bits per heavy atom. The van der Waals surface area contributed by atoms with Crippen molar-refractivity contribution in [2.75, 3.05) is 24.7 Å². The summed E-state index contributed by atoms with van der Waals surface area (Å²) < 4.78 is 54.3. The zero-order valence-corrected chi connectivity index (χ0v) is 26.2. The van der Waals surface area contributed by atoms with Gasteiger partial charge < -0.3 is 51.6 Å². The Bertz CT molecular complexity index is 1960. The van der Waals surface area contributed by atoms with E-state index in [1.54, 1.807) is 0 Å². The number of hydrogen-bond acceptors (Lipinski definition) is 16. The highest BCUT2D eigenvalue weighted by Gasteiger charge is 2.45. The average molecular weight is 790 g/mol. The van der Waals surface area contributed by atoms with E-state index in [1.165, 1.54) is 21.8 Å². The first-order valence-electron chi connectivity index (χ1n) is 13.9. The molecule has 2 fully saturated rings. The highest BCUT2D eigenvalue weighted by molar-refractivity contribution is 14.1. The van der Waals surface area contributed by atoms with Crippen molar-refractivity contribution >= 4 is 56.6 Å². The molecule has 0 spiro atoms. The van der Waals surface area contributed by atoms with Crippen LogP contribution in [0.3, 0.4) is 0 Å². The van der Waals surface area contributed by atoms with Crippen LogP contribution in [0.4, 0.5) is 24.8 Å². The number of rotatable bonds is 5. The van der Waals surface area contributed by atoms with Gasteiger partial charge in [-0.3, -0.25) is 9.13 Å². The number of fused-ring (bicyclic) bond motifs is 2. The molecule has 22 heteroatoms. The van der Waals surface area contributed by atoms with Gasteiger partial charge in [0.15, 0.2) is 62.5 Å². The molecule has 256 valence electrons. The summed E-state index contributed by atoms with van der Waals surface area (Å²) in [7, 11) is 0. The van der Waals surface area contributed by atoms with Crippen molar-refractivity contribution in [3.63, 3.8) is 0 Å². The van der Waals surface area contributed by atoms with Gasteiger partial charge in [-0.1, -0.05) is 0 Å². The van der Waals surface area contributed by atoms with E-state index >= 15 is 0 Å². The molecule has 0 radical (unpaired) electrons. The van der Waals surface area contributed by atoms with E-state index in [4.69, 9.17) is 26.0 Å². The van der Waals surface area contributed by atoms with E-state index in [9.17, 15) is 38.7 Å². The van der Waals surface area contributed by atoms with Gasteiger partial charge in [0.25, 0.3) is 0 Å². The SMILES string of the molecule is Nc1nc(-c2cc(F)c(F)c(F)c2)nc2c1ncn2[C@@H]1O[C@H](CO)[C@@H](O)[C@H]1O.Nc1nc(I)nc2c1ncn2[C@@H]1O[C@H](CO)[C@@H](O)[C@H]1O. The molecule has 0 amide bonds. The molecule has 0 unspecified atom stereocenters. The number of nitrogen functional groups attached to an aromatic ring is 2. The molecule has 5 aromatic rings. The standard InChI is InChI=1S/C16H14F3N5O4.C10H12IN5O4/c17-6-1-5(2-7(18)9(6)19)14-22-13(20)10-15(23-14)24(4-21-10)16-12(27)11(26)8(3-25)28-16;11-10-14-7(12)4-8(15-10)16(2-13-4)9-6(19)5(18)3(1-17)20-9/h1-2,4,8,11-12,16,25-27H,3H2,(H2,20,22,23);2-3,5-6,9,17-19H,1H2,(H2,12,14,15)/t8-,11-,12-,16-;3-,5-,6-,9-/m11/s1. The van der Waals surface area contributed by atoms with Crippen molar-refractivity contribution in [3.8, 4) is 11.4 Å². The zero-order valence-electron chi connectivity index (χ0n) is 24.1. The lowest BCUT2D eigenvalue weighted by Crippen LogP contribution is -2.33. The lowest BCUT2D eigenvalue weighted by atomic mass is 10.1. The number of nitrogens with zero attached hydrogens (tertiary/aromatic N) is 8. The van der Waals surface area contributed by atoms with Crippen molar-refractivity contribution in [2.24, 2.45) is 0 Å². The molecular formula is C26H26F3IN10O8. The van der Waals surface area contributed by atoms with E-state index in [1.807, 2.05) is 22.6 Å². The summed E-state index contributed by atoms with van der Waals surface area (Å²) in [6.07, 6.45) is -6.43. The average Bonchev–Trinajstić information content (AvgIpc) is 3.81. The Labute approximate surface area is 279 Å². The molecule has 18 nitrogen and oxygen atoms in total. The highest BCUT2D eigenvalue weighted by atomic mass is 127. The van der Waals surface area contributed by atoms with Crippen LogP contribution >= 0.6 is 22.6 Å². The van der Waals surface area contributed by atoms with Gasteiger partial charge >= 0.3 is 0 Å². The number of aromatic nitrogens is 8. The second kappa shape index (κ2) is 13.2. The van der Waals surface area contributed by atoms with E-state index in [0.29, 0.717) is 27.1 Å². The molecule has 10 N–H and O–H groups in total. The molecule has 2 saturated heterocycles. The maximum atomic E-state index is 13.6. The molecule has 6 heterocycles. The number of nitrogens with two attached hydrogens (primary N) is 2. The quantitative estimate of drug-likeness (QED) is 0.0585. The van der Waals surface area contributed by atoms with Crippen LogP contribution in [-0.4, -0.2) is 120 Å². The fourth-order valence-corrected chi connectivity index (χ4v) is 5.74. The minimum atomic E-state index is -1.63. The van der Waals surface area contributed by atoms with Crippen LogP contribution in [0, 0.1) is 21.3 Å². The number of imidazole rings is 2. The lowest BCUT2D eigenvalue weighted by Gasteiger charge is -2.16. The minimum Gasteiger partial charge on any atom is -0.394 e. The molecule has 1 aromatic carbocycles. The third-order valence-electron chi connectivity index (χ3n) is 7.69. The molecule has 8 atom stereocenters. The van der Waals surface area contributed by atoms with Crippen LogP contribution < -0.4 is 11.5 Å². The van der Waals surface area contributed by atoms with E-state index in [-0.39, 0.29) is 34.2 Å². The highest BCUT2D eigenvalue weighted by Crippen LogP contribution is 2.34. The molecule has 2 aliphatic heterocycles. The van der Waals surface area contributed by atoms with E-state index < -0.39 is 79.7 Å². The summed E-state index contributed by atoms with van der Waals surface area (Å²) in [6, 6.07) is 1.43. The summed E-state index contributed by atoms with van der Waals surface area (Å²) in [4.78, 5) is 24.4. The monoisotopic (exact) mass is 790 g/mol. The molecule has 0 bridgehead atoms. The number of aliphatic hydroxyl groups is 6. The van der Waals surface area contributed by atoms with E-state index in [0.717, 1.165) is 0 Å². The van der Waals surface area contributed by atoms with Crippen molar-refractivity contribution in [3.05, 3.63) is 46.1 Å². The largest absolute Gasteiger partial charge is 0.394 e. The number of hydrogen-bond donors (Lipinski definition) is 8. The molecule has 48 heavy (non-hydrogen) atoms. The van der Waals surface area contributed by atoms with Crippen molar-refractivity contribution in [1.29, 1.82) is 0 Å². The van der Waals surface area contributed by atoms with Gasteiger partial charge in [-0.2, -0.15) is 0 Å². The zero-order chi connectivity index (χ0) is 34.6. The Morgan fingerprint density at radius 1 is 0.708 bits per heavy atom. The third-order valence-corrected chi connectivity index (χ3v) is 8.18. The predicted octanol–water partition coefficient (Wildman–Crippen LogP) is -1.27. The Hall–Kier alpha value is -3.88. The summed E-state index contributed by atoms with van der Waals surface area (Å²) in [5.41, 5.74) is 12.4. The summed E-state index contributed by atoms with van der Waals surface area (Å²) in [6.45, 7) is -0.923. The Balaban J connectivity index is 0.000000177. The number of anilines is 2. The van der Waals surface area contributed by atoms with Crippen LogP contribution in [0.15, 0.2) is 24.8 Å². The molecule has 0 aliphatic carbocycles. The van der Waals surface area contributed by atoms with Gasteiger partial charge in [0.1, 0.15) is 47.7 Å². The van der Waals surface area contributed by atoms with Crippen LogP contribution in [0.1, 0.15) is 12.5 Å². The molecule has 0 saturated carbocycles. The summed E-state index contributed by atoms with van der Waals surface area (Å²) in [5.74, 6) is -4.59. The van der Waals surface area contributed by atoms with Crippen molar-refractivity contribution in [1.82, 2.24) is 39.0 Å². The maximum Gasteiger partial charge on any atom is 0.194 e. The number of halogens is 4. The second-order valence-electron chi connectivity index (χ2n) is 10.7. The normalized spacial score (nSPS) is 27.1. The van der Waals surface area contributed by atoms with Crippen LogP contribution in [0.5, 0.6) is 0 Å². The Kier molecular flexibility index (Phi) is 9.35. The summed E-state index contributed by atoms with van der Waals surface area (Å²) in [5, 5.41) is 58.3. The lowest BCUT2D eigenvalue weighted by molar-refractivity contribution is -0.0511. The summed E-state index contributed by atoms with van der Waals surface area (Å²) >= 11 is 1.92. The fraction of sp³-hybridized carbons (Fsp3) is 0.385. The fourth-order valence-electron chi connectivity index (χ4n) is 5.25. The number of aliphatic hydroxyl groups excluding tert-OH is 6. The van der Waals surface area contributed by atoms with Gasteiger partial charge in [0, 0.05) is 28.2 Å². The predicted molar refractivity (Wildman–Crippen MR) is 164 cm³/mol. The minimum absolute atomic E-state index is 0.0440. The second-order valence-corrected chi connectivity index (χ2v) is 11.6. The number of benzene rings is 1. The van der Waals surface area contributed by atoms with Gasteiger partial charge in [-0.15, -0.1) is 0 Å². The first-order valence-corrected chi connectivity index (χ1v) is 15.0. The first-order chi connectivity index (χ1) is 22.8. The topological polar surface area (TPSA) is 279 Å². The number of ether oxygens (including phenoxy) is 2. The smallest absolute Gasteiger partial charge is 0.194 e. The first kappa shape index (κ1) is 34.0. The molecule has 7 rings (SSSR count). The van der Waals surface area contributed by atoms with Gasteiger partial charge in [0.2, 0.25) is 0 Å². The van der Waals surface area contributed by atoms with Crippen LogP contribution in [-0.2, 0) is 9.47 Å².